The summed E-state index contributed by atoms with van der Waals surface area (Å²) >= 11 is 0. The second-order valence-electron chi connectivity index (χ2n) is 4.89. The molecule has 2 rings (SSSR count). The summed E-state index contributed by atoms with van der Waals surface area (Å²) in [4.78, 5) is 18.4. The molecule has 2 heterocycles. The Morgan fingerprint density at radius 3 is 2.79 bits per heavy atom. The van der Waals surface area contributed by atoms with Crippen LogP contribution in [-0.2, 0) is 4.74 Å². The maximum absolute atomic E-state index is 12.0. The van der Waals surface area contributed by atoms with Gasteiger partial charge < -0.3 is 10.1 Å². The molecule has 1 aromatic heterocycles. The van der Waals surface area contributed by atoms with Crippen LogP contribution >= 0.6 is 0 Å². The third-order valence-electron chi connectivity index (χ3n) is 3.63. The number of amides is 1. The quantitative estimate of drug-likeness (QED) is 0.877. The number of nitrogens with one attached hydrogen (secondary N) is 1. The minimum Gasteiger partial charge on any atom is -0.379 e. The van der Waals surface area contributed by atoms with Crippen molar-refractivity contribution in [3.8, 4) is 0 Å². The average molecular weight is 263 g/mol. The van der Waals surface area contributed by atoms with E-state index in [1.165, 1.54) is 0 Å². The number of rotatable bonds is 4. The van der Waals surface area contributed by atoms with Gasteiger partial charge in [-0.15, -0.1) is 0 Å². The Labute approximate surface area is 114 Å². The Morgan fingerprint density at radius 2 is 2.16 bits per heavy atom. The number of aromatic nitrogens is 1. The van der Waals surface area contributed by atoms with Gasteiger partial charge in [-0.1, -0.05) is 0 Å². The standard InChI is InChI=1S/C14H21N3O2/c1-11(12(2)17-6-8-19-9-7-17)16-14(18)13-4-3-5-15-10-13/h3-5,10-12H,6-9H2,1-2H3,(H,16,18). The Kier molecular flexibility index (Phi) is 4.87. The summed E-state index contributed by atoms with van der Waals surface area (Å²) < 4.78 is 5.34. The van der Waals surface area contributed by atoms with Crippen LogP contribution in [-0.4, -0.2) is 54.2 Å². The van der Waals surface area contributed by atoms with Crippen LogP contribution in [0.15, 0.2) is 24.5 Å². The number of hydrogen-bond acceptors (Lipinski definition) is 4. The first-order valence-electron chi connectivity index (χ1n) is 6.71. The number of pyridine rings is 1. The van der Waals surface area contributed by atoms with Gasteiger partial charge in [0.25, 0.3) is 5.91 Å². The summed E-state index contributed by atoms with van der Waals surface area (Å²) in [7, 11) is 0. The van der Waals surface area contributed by atoms with Crippen LogP contribution in [0, 0.1) is 0 Å². The topological polar surface area (TPSA) is 54.5 Å². The third kappa shape index (κ3) is 3.75. The van der Waals surface area contributed by atoms with Crippen LogP contribution < -0.4 is 5.32 Å². The molecule has 1 N–H and O–H groups in total. The minimum atomic E-state index is -0.0688. The lowest BCUT2D eigenvalue weighted by Gasteiger charge is -2.35. The molecular formula is C14H21N3O2. The van der Waals surface area contributed by atoms with E-state index in [-0.39, 0.29) is 11.9 Å². The van der Waals surface area contributed by atoms with Gasteiger partial charge in [-0.25, -0.2) is 0 Å². The summed E-state index contributed by atoms with van der Waals surface area (Å²) in [5, 5.41) is 3.03. The van der Waals surface area contributed by atoms with Crippen molar-refractivity contribution in [2.75, 3.05) is 26.3 Å². The molecule has 5 nitrogen and oxygen atoms in total. The van der Waals surface area contributed by atoms with Crippen molar-refractivity contribution < 1.29 is 9.53 Å². The molecular weight excluding hydrogens is 242 g/mol. The van der Waals surface area contributed by atoms with Gasteiger partial charge in [0.1, 0.15) is 0 Å². The van der Waals surface area contributed by atoms with E-state index in [4.69, 9.17) is 4.74 Å². The normalized spacial score (nSPS) is 19.7. The van der Waals surface area contributed by atoms with Crippen LogP contribution in [0.25, 0.3) is 0 Å². The Hall–Kier alpha value is -1.46. The molecule has 1 aliphatic heterocycles. The van der Waals surface area contributed by atoms with E-state index in [1.807, 2.05) is 6.92 Å². The molecule has 0 saturated carbocycles. The molecule has 1 aromatic rings. The highest BCUT2D eigenvalue weighted by Gasteiger charge is 2.23. The highest BCUT2D eigenvalue weighted by Crippen LogP contribution is 2.08. The van der Waals surface area contributed by atoms with Gasteiger partial charge in [0.2, 0.25) is 0 Å². The molecule has 0 aromatic carbocycles. The molecule has 0 radical (unpaired) electrons. The molecule has 5 heteroatoms. The van der Waals surface area contributed by atoms with Crippen LogP contribution in [0.5, 0.6) is 0 Å². The third-order valence-corrected chi connectivity index (χ3v) is 3.63. The summed E-state index contributed by atoms with van der Waals surface area (Å²) in [5.74, 6) is -0.0688. The van der Waals surface area contributed by atoms with Crippen LogP contribution in [0.1, 0.15) is 24.2 Å². The first-order chi connectivity index (χ1) is 9.18. The van der Waals surface area contributed by atoms with E-state index in [0.29, 0.717) is 11.6 Å². The molecule has 1 aliphatic rings. The molecule has 19 heavy (non-hydrogen) atoms. The Morgan fingerprint density at radius 1 is 1.42 bits per heavy atom. The van der Waals surface area contributed by atoms with Crippen molar-refractivity contribution >= 4 is 5.91 Å². The number of ether oxygens (including phenoxy) is 1. The molecule has 1 fully saturated rings. The zero-order valence-electron chi connectivity index (χ0n) is 11.5. The van der Waals surface area contributed by atoms with Crippen molar-refractivity contribution in [1.29, 1.82) is 0 Å². The highest BCUT2D eigenvalue weighted by molar-refractivity contribution is 5.94. The number of carbonyl (C=O) groups excluding carboxylic acids is 1. The lowest BCUT2D eigenvalue weighted by molar-refractivity contribution is 0.0137. The second kappa shape index (κ2) is 6.63. The lowest BCUT2D eigenvalue weighted by atomic mass is 10.1. The SMILES string of the molecule is CC(NC(=O)c1cccnc1)C(C)N1CCOCC1. The Bertz CT molecular complexity index is 404. The van der Waals surface area contributed by atoms with E-state index in [2.05, 4.69) is 22.1 Å². The van der Waals surface area contributed by atoms with E-state index < -0.39 is 0 Å². The fourth-order valence-electron chi connectivity index (χ4n) is 2.21. The van der Waals surface area contributed by atoms with Gasteiger partial charge in [0.05, 0.1) is 18.8 Å². The molecule has 2 unspecified atom stereocenters. The van der Waals surface area contributed by atoms with Crippen LogP contribution in [0.2, 0.25) is 0 Å². The zero-order chi connectivity index (χ0) is 13.7. The first-order valence-corrected chi connectivity index (χ1v) is 6.71. The van der Waals surface area contributed by atoms with Gasteiger partial charge in [-0.3, -0.25) is 14.7 Å². The van der Waals surface area contributed by atoms with Crippen molar-refractivity contribution in [3.05, 3.63) is 30.1 Å². The van der Waals surface area contributed by atoms with Crippen LogP contribution in [0.4, 0.5) is 0 Å². The van der Waals surface area contributed by atoms with Crippen molar-refractivity contribution in [1.82, 2.24) is 15.2 Å². The summed E-state index contributed by atoms with van der Waals surface area (Å²) in [6, 6.07) is 3.93. The number of nitrogens with zero attached hydrogens (tertiary/aromatic N) is 2. The summed E-state index contributed by atoms with van der Waals surface area (Å²) in [6.07, 6.45) is 3.25. The number of carbonyl (C=O) groups is 1. The van der Waals surface area contributed by atoms with Gasteiger partial charge in [0, 0.05) is 37.6 Å². The second-order valence-corrected chi connectivity index (χ2v) is 4.89. The molecule has 0 spiro atoms. The predicted octanol–water partition coefficient (Wildman–Crippen LogP) is 0.921. The molecule has 1 saturated heterocycles. The maximum atomic E-state index is 12.0. The first kappa shape index (κ1) is 14.0. The van der Waals surface area contributed by atoms with E-state index in [9.17, 15) is 4.79 Å². The van der Waals surface area contributed by atoms with E-state index in [0.717, 1.165) is 26.3 Å². The average Bonchev–Trinajstić information content (AvgIpc) is 2.48. The van der Waals surface area contributed by atoms with Gasteiger partial charge in [-0.2, -0.15) is 0 Å². The van der Waals surface area contributed by atoms with Crippen molar-refractivity contribution in [2.24, 2.45) is 0 Å². The van der Waals surface area contributed by atoms with Crippen molar-refractivity contribution in [2.45, 2.75) is 25.9 Å². The van der Waals surface area contributed by atoms with Crippen molar-refractivity contribution in [3.63, 3.8) is 0 Å². The van der Waals surface area contributed by atoms with Gasteiger partial charge in [-0.05, 0) is 26.0 Å². The van der Waals surface area contributed by atoms with Gasteiger partial charge >= 0.3 is 0 Å². The number of hydrogen-bond donors (Lipinski definition) is 1. The highest BCUT2D eigenvalue weighted by atomic mass is 16.5. The maximum Gasteiger partial charge on any atom is 0.253 e. The van der Waals surface area contributed by atoms with E-state index >= 15 is 0 Å². The van der Waals surface area contributed by atoms with E-state index in [1.54, 1.807) is 24.5 Å². The summed E-state index contributed by atoms with van der Waals surface area (Å²) in [5.41, 5.74) is 0.600. The fraction of sp³-hybridized carbons (Fsp3) is 0.571. The van der Waals surface area contributed by atoms with Crippen LogP contribution in [0.3, 0.4) is 0 Å². The molecule has 0 bridgehead atoms. The largest absolute Gasteiger partial charge is 0.379 e. The Balaban J connectivity index is 1.89. The zero-order valence-corrected chi connectivity index (χ0v) is 11.5. The molecule has 2 atom stereocenters. The fourth-order valence-corrected chi connectivity index (χ4v) is 2.21. The molecule has 1 amide bonds. The predicted molar refractivity (Wildman–Crippen MR) is 73.0 cm³/mol. The monoisotopic (exact) mass is 263 g/mol. The number of morpholine rings is 1. The minimum absolute atomic E-state index is 0.0688. The molecule has 0 aliphatic carbocycles. The summed E-state index contributed by atoms with van der Waals surface area (Å²) in [6.45, 7) is 7.57. The lowest BCUT2D eigenvalue weighted by Crippen LogP contribution is -2.52. The molecule has 104 valence electrons. The van der Waals surface area contributed by atoms with Gasteiger partial charge in [0.15, 0.2) is 0 Å². The smallest absolute Gasteiger partial charge is 0.253 e.